The van der Waals surface area contributed by atoms with Crippen molar-refractivity contribution in [1.29, 1.82) is 0 Å². The molecule has 2 fully saturated rings. The maximum absolute atomic E-state index is 6.31. The van der Waals surface area contributed by atoms with E-state index in [0.717, 1.165) is 12.5 Å². The van der Waals surface area contributed by atoms with E-state index in [1.165, 1.54) is 45.4 Å². The van der Waals surface area contributed by atoms with Gasteiger partial charge in [0.2, 0.25) is 0 Å². The summed E-state index contributed by atoms with van der Waals surface area (Å²) in [6.07, 6.45) is 3.89. The fraction of sp³-hybridized carbons (Fsp3) is 1.00. The number of hydrogen-bond donors (Lipinski definition) is 1. The van der Waals surface area contributed by atoms with Crippen LogP contribution in [-0.2, 0) is 0 Å². The molecule has 2 rings (SSSR count). The molecule has 3 unspecified atom stereocenters. The zero-order valence-electron chi connectivity index (χ0n) is 14.3. The maximum Gasteiger partial charge on any atom is 0.0340 e. The van der Waals surface area contributed by atoms with E-state index in [-0.39, 0.29) is 5.54 Å². The molecule has 1 aliphatic heterocycles. The van der Waals surface area contributed by atoms with Gasteiger partial charge in [-0.1, -0.05) is 27.7 Å². The standard InChI is InChI=1S/C17H35N3/c1-6-19-7-8-20(11-15(19)3)17(13-18)10-14(2)9-16(4,5)12-17/h14-15H,6-13,18H2,1-5H3. The molecule has 0 bridgehead atoms. The Labute approximate surface area is 125 Å². The van der Waals surface area contributed by atoms with Gasteiger partial charge in [0.25, 0.3) is 0 Å². The van der Waals surface area contributed by atoms with Crippen LogP contribution in [-0.4, -0.2) is 54.1 Å². The highest BCUT2D eigenvalue weighted by atomic mass is 15.3. The molecule has 0 aromatic carbocycles. The highest BCUT2D eigenvalue weighted by Gasteiger charge is 2.46. The quantitative estimate of drug-likeness (QED) is 0.863. The third-order valence-corrected chi connectivity index (χ3v) is 5.66. The maximum atomic E-state index is 6.31. The van der Waals surface area contributed by atoms with Crippen LogP contribution in [0.15, 0.2) is 0 Å². The minimum Gasteiger partial charge on any atom is -0.329 e. The normalized spacial score (nSPS) is 39.9. The summed E-state index contributed by atoms with van der Waals surface area (Å²) >= 11 is 0. The molecule has 0 aromatic rings. The summed E-state index contributed by atoms with van der Waals surface area (Å²) in [6.45, 7) is 17.5. The second-order valence-corrected chi connectivity index (χ2v) is 8.21. The molecule has 3 atom stereocenters. The first-order chi connectivity index (χ1) is 9.32. The Balaban J connectivity index is 2.15. The monoisotopic (exact) mass is 281 g/mol. The van der Waals surface area contributed by atoms with Crippen LogP contribution in [0.3, 0.4) is 0 Å². The van der Waals surface area contributed by atoms with E-state index < -0.39 is 0 Å². The lowest BCUT2D eigenvalue weighted by Gasteiger charge is -2.56. The van der Waals surface area contributed by atoms with Crippen molar-refractivity contribution in [1.82, 2.24) is 9.80 Å². The number of piperazine rings is 1. The van der Waals surface area contributed by atoms with Crippen LogP contribution in [0.2, 0.25) is 0 Å². The zero-order chi connectivity index (χ0) is 15.0. The molecule has 2 N–H and O–H groups in total. The van der Waals surface area contributed by atoms with Crippen LogP contribution >= 0.6 is 0 Å². The van der Waals surface area contributed by atoms with Gasteiger partial charge in [-0.25, -0.2) is 0 Å². The first-order valence-electron chi connectivity index (χ1n) is 8.51. The average molecular weight is 281 g/mol. The molecule has 0 spiro atoms. The van der Waals surface area contributed by atoms with Gasteiger partial charge < -0.3 is 5.73 Å². The molecule has 3 nitrogen and oxygen atoms in total. The Morgan fingerprint density at radius 1 is 1.15 bits per heavy atom. The summed E-state index contributed by atoms with van der Waals surface area (Å²) in [7, 11) is 0. The first-order valence-corrected chi connectivity index (χ1v) is 8.51. The van der Waals surface area contributed by atoms with Gasteiger partial charge in [-0.05, 0) is 44.1 Å². The van der Waals surface area contributed by atoms with Crippen LogP contribution in [0.1, 0.15) is 53.9 Å². The Bertz CT molecular complexity index is 328. The van der Waals surface area contributed by atoms with Crippen molar-refractivity contribution in [2.75, 3.05) is 32.7 Å². The van der Waals surface area contributed by atoms with Gasteiger partial charge in [0.05, 0.1) is 0 Å². The van der Waals surface area contributed by atoms with Crippen molar-refractivity contribution in [3.63, 3.8) is 0 Å². The van der Waals surface area contributed by atoms with Crippen molar-refractivity contribution in [3.8, 4) is 0 Å². The third kappa shape index (κ3) is 3.20. The largest absolute Gasteiger partial charge is 0.329 e. The molecule has 118 valence electrons. The molecule has 2 aliphatic rings. The lowest BCUT2D eigenvalue weighted by Crippen LogP contribution is -2.65. The predicted molar refractivity (Wildman–Crippen MR) is 86.9 cm³/mol. The van der Waals surface area contributed by atoms with Gasteiger partial charge in [-0.3, -0.25) is 9.80 Å². The average Bonchev–Trinajstić information content (AvgIpc) is 2.36. The fourth-order valence-corrected chi connectivity index (χ4v) is 5.12. The van der Waals surface area contributed by atoms with E-state index >= 15 is 0 Å². The molecule has 0 amide bonds. The van der Waals surface area contributed by atoms with Crippen molar-refractivity contribution in [3.05, 3.63) is 0 Å². The minimum atomic E-state index is 0.245. The molecular weight excluding hydrogens is 246 g/mol. The topological polar surface area (TPSA) is 32.5 Å². The highest BCUT2D eigenvalue weighted by Crippen LogP contribution is 2.46. The second kappa shape index (κ2) is 5.94. The Morgan fingerprint density at radius 3 is 2.35 bits per heavy atom. The molecule has 1 aliphatic carbocycles. The Kier molecular flexibility index (Phi) is 4.83. The SMILES string of the molecule is CCN1CCN(C2(CN)CC(C)CC(C)(C)C2)CC1C. The molecule has 3 heteroatoms. The van der Waals surface area contributed by atoms with Crippen molar-refractivity contribution in [2.24, 2.45) is 17.1 Å². The molecular formula is C17H35N3. The van der Waals surface area contributed by atoms with E-state index in [9.17, 15) is 0 Å². The van der Waals surface area contributed by atoms with E-state index in [2.05, 4.69) is 44.4 Å². The summed E-state index contributed by atoms with van der Waals surface area (Å²) in [5, 5.41) is 0. The summed E-state index contributed by atoms with van der Waals surface area (Å²) in [5.74, 6) is 0.793. The molecule has 0 radical (unpaired) electrons. The summed E-state index contributed by atoms with van der Waals surface area (Å²) < 4.78 is 0. The summed E-state index contributed by atoms with van der Waals surface area (Å²) in [6, 6.07) is 0.664. The van der Waals surface area contributed by atoms with E-state index in [0.29, 0.717) is 11.5 Å². The Morgan fingerprint density at radius 2 is 1.85 bits per heavy atom. The molecule has 0 aromatic heterocycles. The number of likely N-dealkylation sites (N-methyl/N-ethyl adjacent to an activating group) is 1. The number of rotatable bonds is 3. The fourth-order valence-electron chi connectivity index (χ4n) is 5.12. The van der Waals surface area contributed by atoms with Crippen LogP contribution < -0.4 is 5.73 Å². The lowest BCUT2D eigenvalue weighted by atomic mass is 9.63. The number of nitrogens with zero attached hydrogens (tertiary/aromatic N) is 2. The zero-order valence-corrected chi connectivity index (χ0v) is 14.3. The molecule has 1 saturated carbocycles. The van der Waals surface area contributed by atoms with Gasteiger partial charge in [-0.15, -0.1) is 0 Å². The van der Waals surface area contributed by atoms with Crippen molar-refractivity contribution in [2.45, 2.75) is 65.5 Å². The smallest absolute Gasteiger partial charge is 0.0340 e. The first kappa shape index (κ1) is 16.3. The van der Waals surface area contributed by atoms with Crippen LogP contribution in [0, 0.1) is 11.3 Å². The van der Waals surface area contributed by atoms with Crippen molar-refractivity contribution >= 4 is 0 Å². The Hall–Kier alpha value is -0.120. The van der Waals surface area contributed by atoms with E-state index in [4.69, 9.17) is 5.73 Å². The predicted octanol–water partition coefficient (Wildman–Crippen LogP) is 2.56. The van der Waals surface area contributed by atoms with Crippen LogP contribution in [0.4, 0.5) is 0 Å². The third-order valence-electron chi connectivity index (χ3n) is 5.66. The highest BCUT2D eigenvalue weighted by molar-refractivity contribution is 5.03. The lowest BCUT2D eigenvalue weighted by molar-refractivity contribution is -0.0487. The van der Waals surface area contributed by atoms with Crippen LogP contribution in [0.25, 0.3) is 0 Å². The van der Waals surface area contributed by atoms with Gasteiger partial charge in [0.15, 0.2) is 0 Å². The summed E-state index contributed by atoms with van der Waals surface area (Å²) in [4.78, 5) is 5.33. The summed E-state index contributed by atoms with van der Waals surface area (Å²) in [5.41, 5.74) is 6.99. The number of hydrogen-bond acceptors (Lipinski definition) is 3. The molecule has 1 saturated heterocycles. The van der Waals surface area contributed by atoms with E-state index in [1.807, 2.05) is 0 Å². The van der Waals surface area contributed by atoms with Gasteiger partial charge >= 0.3 is 0 Å². The second-order valence-electron chi connectivity index (χ2n) is 8.21. The molecule has 1 heterocycles. The van der Waals surface area contributed by atoms with Crippen LogP contribution in [0.5, 0.6) is 0 Å². The van der Waals surface area contributed by atoms with Crippen molar-refractivity contribution < 1.29 is 0 Å². The minimum absolute atomic E-state index is 0.245. The van der Waals surface area contributed by atoms with Gasteiger partial charge in [0, 0.05) is 37.8 Å². The molecule has 20 heavy (non-hydrogen) atoms. The van der Waals surface area contributed by atoms with Gasteiger partial charge in [0.1, 0.15) is 0 Å². The van der Waals surface area contributed by atoms with E-state index in [1.54, 1.807) is 0 Å². The number of nitrogens with two attached hydrogens (primary N) is 1. The van der Waals surface area contributed by atoms with Gasteiger partial charge in [-0.2, -0.15) is 0 Å².